The van der Waals surface area contributed by atoms with E-state index in [0.717, 1.165) is 15.7 Å². The number of amides is 2. The van der Waals surface area contributed by atoms with Gasteiger partial charge in [-0.3, -0.25) is 24.1 Å². The number of aromatic nitrogens is 1. The fourth-order valence-corrected chi connectivity index (χ4v) is 5.64. The molecule has 0 aliphatic carbocycles. The Morgan fingerprint density at radius 3 is 1.56 bits per heavy atom. The highest BCUT2D eigenvalue weighted by Gasteiger charge is 2.36. The molecule has 1 aliphatic rings. The summed E-state index contributed by atoms with van der Waals surface area (Å²) in [4.78, 5) is 54.1. The third kappa shape index (κ3) is 3.72. The van der Waals surface area contributed by atoms with E-state index in [9.17, 15) is 19.2 Å². The lowest BCUT2D eigenvalue weighted by atomic mass is 10.0. The molecule has 6 heteroatoms. The Morgan fingerprint density at radius 2 is 1.05 bits per heavy atom. The second kappa shape index (κ2) is 9.24. The van der Waals surface area contributed by atoms with Crippen molar-refractivity contribution in [3.05, 3.63) is 149 Å². The van der Waals surface area contributed by atoms with Gasteiger partial charge >= 0.3 is 0 Å². The Balaban J connectivity index is 1.53. The summed E-state index contributed by atoms with van der Waals surface area (Å²) in [5, 5.41) is 1.71. The van der Waals surface area contributed by atoms with E-state index in [4.69, 9.17) is 0 Å². The Kier molecular flexibility index (Phi) is 5.51. The molecular formula is C35H22N2O4. The monoisotopic (exact) mass is 534 g/mol. The van der Waals surface area contributed by atoms with Crippen LogP contribution in [0.4, 0.5) is 0 Å². The fourth-order valence-electron chi connectivity index (χ4n) is 5.64. The zero-order valence-corrected chi connectivity index (χ0v) is 22.0. The van der Waals surface area contributed by atoms with Crippen LogP contribution in [0.2, 0.25) is 0 Å². The van der Waals surface area contributed by atoms with Crippen LogP contribution in [-0.4, -0.2) is 39.9 Å². The third-order valence-corrected chi connectivity index (χ3v) is 7.70. The van der Waals surface area contributed by atoms with Gasteiger partial charge in [0, 0.05) is 40.1 Å². The first-order chi connectivity index (χ1) is 19.9. The maximum atomic E-state index is 13.4. The summed E-state index contributed by atoms with van der Waals surface area (Å²) in [5.74, 6) is -1.03. The van der Waals surface area contributed by atoms with Crippen molar-refractivity contribution in [2.75, 3.05) is 7.05 Å². The highest BCUT2D eigenvalue weighted by molar-refractivity contribution is 6.24. The Labute approximate surface area is 235 Å². The molecule has 7 rings (SSSR count). The largest absolute Gasteiger partial charge is 0.308 e. The van der Waals surface area contributed by atoms with Gasteiger partial charge in [-0.1, -0.05) is 91.0 Å². The van der Waals surface area contributed by atoms with Crippen LogP contribution in [0.5, 0.6) is 0 Å². The van der Waals surface area contributed by atoms with Crippen molar-refractivity contribution in [2.45, 2.75) is 0 Å². The van der Waals surface area contributed by atoms with E-state index in [1.807, 2.05) is 65.2 Å². The molecule has 1 aliphatic heterocycles. The lowest BCUT2D eigenvalue weighted by Gasteiger charge is -2.13. The van der Waals surface area contributed by atoms with Crippen LogP contribution in [0.1, 0.15) is 52.6 Å². The normalized spacial score (nSPS) is 12.8. The molecule has 0 atom stereocenters. The number of nitrogens with zero attached hydrogens (tertiary/aromatic N) is 2. The third-order valence-electron chi connectivity index (χ3n) is 7.70. The van der Waals surface area contributed by atoms with Gasteiger partial charge in [0.1, 0.15) is 0 Å². The predicted molar refractivity (Wildman–Crippen MR) is 157 cm³/mol. The molecule has 196 valence electrons. The van der Waals surface area contributed by atoms with Gasteiger partial charge in [0.25, 0.3) is 11.8 Å². The molecule has 1 aromatic heterocycles. The van der Waals surface area contributed by atoms with Crippen LogP contribution in [0.25, 0.3) is 27.5 Å². The minimum absolute atomic E-state index is 0.131. The molecule has 0 unspecified atom stereocenters. The molecule has 5 aromatic carbocycles. The van der Waals surface area contributed by atoms with Crippen LogP contribution < -0.4 is 0 Å². The van der Waals surface area contributed by atoms with Crippen molar-refractivity contribution < 1.29 is 19.2 Å². The number of benzene rings is 5. The number of ketones is 2. The summed E-state index contributed by atoms with van der Waals surface area (Å²) in [6, 6.07) is 34.3. The zero-order chi connectivity index (χ0) is 28.2. The van der Waals surface area contributed by atoms with Crippen molar-refractivity contribution in [1.82, 2.24) is 9.47 Å². The number of hydrogen-bond donors (Lipinski definition) is 0. The van der Waals surface area contributed by atoms with Gasteiger partial charge in [-0.15, -0.1) is 0 Å². The molecule has 0 bridgehead atoms. The molecule has 2 amide bonds. The predicted octanol–water partition coefficient (Wildman–Crippen LogP) is 6.47. The average molecular weight is 535 g/mol. The molecule has 6 aromatic rings. The zero-order valence-electron chi connectivity index (χ0n) is 22.0. The van der Waals surface area contributed by atoms with Gasteiger partial charge in [0.15, 0.2) is 11.6 Å². The van der Waals surface area contributed by atoms with Crippen molar-refractivity contribution in [3.8, 4) is 5.69 Å². The van der Waals surface area contributed by atoms with E-state index in [1.165, 1.54) is 7.05 Å². The SMILES string of the molecule is CN1C(=O)c2cccc(-n3c4cc(C(=O)c5ccccc5)ccc4c4ccc(C(=O)c5ccccc5)cc43)c2C1=O. The summed E-state index contributed by atoms with van der Waals surface area (Å²) in [5.41, 5.74) is 4.60. The van der Waals surface area contributed by atoms with Crippen molar-refractivity contribution in [1.29, 1.82) is 0 Å². The van der Waals surface area contributed by atoms with Crippen molar-refractivity contribution in [2.24, 2.45) is 0 Å². The lowest BCUT2D eigenvalue weighted by molar-refractivity contribution is 0.0692. The van der Waals surface area contributed by atoms with Crippen LogP contribution in [0.15, 0.2) is 115 Å². The average Bonchev–Trinajstić information content (AvgIpc) is 3.47. The van der Waals surface area contributed by atoms with Gasteiger partial charge in [-0.2, -0.15) is 0 Å². The Hall–Kier alpha value is -5.62. The van der Waals surface area contributed by atoms with Crippen LogP contribution in [0.3, 0.4) is 0 Å². The molecule has 41 heavy (non-hydrogen) atoms. The lowest BCUT2D eigenvalue weighted by Crippen LogP contribution is -2.24. The van der Waals surface area contributed by atoms with Crippen molar-refractivity contribution in [3.63, 3.8) is 0 Å². The van der Waals surface area contributed by atoms with Gasteiger partial charge in [-0.05, 0) is 24.3 Å². The molecule has 2 heterocycles. The van der Waals surface area contributed by atoms with Gasteiger partial charge < -0.3 is 4.57 Å². The topological polar surface area (TPSA) is 76.5 Å². The molecule has 0 radical (unpaired) electrons. The molecule has 6 nitrogen and oxygen atoms in total. The molecule has 0 spiro atoms. The molecule has 0 saturated carbocycles. The summed E-state index contributed by atoms with van der Waals surface area (Å²) >= 11 is 0. The number of fused-ring (bicyclic) bond motifs is 4. The Bertz CT molecular complexity index is 1970. The summed E-state index contributed by atoms with van der Waals surface area (Å²) in [7, 11) is 1.47. The number of carbonyl (C=O) groups is 4. The second-order valence-corrected chi connectivity index (χ2v) is 10.1. The number of carbonyl (C=O) groups excluding carboxylic acids is 4. The van der Waals surface area contributed by atoms with Crippen LogP contribution in [-0.2, 0) is 0 Å². The first kappa shape index (κ1) is 24.4. The van der Waals surface area contributed by atoms with E-state index in [-0.39, 0.29) is 17.5 Å². The van der Waals surface area contributed by atoms with E-state index in [0.29, 0.717) is 50.1 Å². The first-order valence-electron chi connectivity index (χ1n) is 13.2. The Morgan fingerprint density at radius 1 is 0.537 bits per heavy atom. The number of hydrogen-bond acceptors (Lipinski definition) is 4. The highest BCUT2D eigenvalue weighted by Crippen LogP contribution is 2.37. The van der Waals surface area contributed by atoms with E-state index < -0.39 is 5.91 Å². The minimum atomic E-state index is -0.399. The van der Waals surface area contributed by atoms with Crippen molar-refractivity contribution >= 4 is 45.2 Å². The summed E-state index contributed by atoms with van der Waals surface area (Å²) < 4.78 is 1.89. The fraction of sp³-hybridized carbons (Fsp3) is 0.0286. The highest BCUT2D eigenvalue weighted by atomic mass is 16.2. The van der Waals surface area contributed by atoms with Crippen LogP contribution >= 0.6 is 0 Å². The quantitative estimate of drug-likeness (QED) is 0.188. The van der Waals surface area contributed by atoms with Gasteiger partial charge in [-0.25, -0.2) is 0 Å². The standard InChI is InChI=1S/C35H22N2O4/c1-36-34(40)27-13-8-14-28(31(27)35(36)41)37-29-19-23(32(38)21-9-4-2-5-10-21)15-17-25(29)26-18-16-24(20-30(26)37)33(39)22-11-6-3-7-12-22/h2-20H,1H3. The molecular weight excluding hydrogens is 512 g/mol. The number of rotatable bonds is 5. The molecule has 0 N–H and O–H groups in total. The maximum absolute atomic E-state index is 13.4. The number of imide groups is 1. The second-order valence-electron chi connectivity index (χ2n) is 10.1. The van der Waals surface area contributed by atoms with E-state index in [1.54, 1.807) is 54.6 Å². The minimum Gasteiger partial charge on any atom is -0.308 e. The van der Waals surface area contributed by atoms with E-state index in [2.05, 4.69) is 0 Å². The van der Waals surface area contributed by atoms with Gasteiger partial charge in [0.05, 0.1) is 27.8 Å². The molecule has 0 fully saturated rings. The summed E-state index contributed by atoms with van der Waals surface area (Å²) in [6.45, 7) is 0. The first-order valence-corrected chi connectivity index (χ1v) is 13.2. The smallest absolute Gasteiger partial charge is 0.263 e. The molecule has 0 saturated heterocycles. The maximum Gasteiger partial charge on any atom is 0.263 e. The summed E-state index contributed by atoms with van der Waals surface area (Å²) in [6.07, 6.45) is 0. The van der Waals surface area contributed by atoms with Crippen LogP contribution in [0, 0.1) is 0 Å². The van der Waals surface area contributed by atoms with Gasteiger partial charge in [0.2, 0.25) is 0 Å². The van der Waals surface area contributed by atoms with E-state index >= 15 is 0 Å².